The van der Waals surface area contributed by atoms with Crippen LogP contribution in [0, 0.1) is 0 Å². The Hall–Kier alpha value is -1.47. The smallest absolute Gasteiger partial charge is 0.332 e. The van der Waals surface area contributed by atoms with Gasteiger partial charge in [-0.2, -0.15) is 0 Å². The molecule has 0 aromatic rings. The molecule has 0 aliphatic heterocycles. The summed E-state index contributed by atoms with van der Waals surface area (Å²) in [5.74, 6) is -1.62. The van der Waals surface area contributed by atoms with E-state index in [0.717, 1.165) is 37.8 Å². The predicted octanol–water partition coefficient (Wildman–Crippen LogP) is 3.76. The lowest BCUT2D eigenvalue weighted by molar-refractivity contribution is -0.257. The molecule has 0 rings (SSSR count). The molecule has 0 heterocycles. The van der Waals surface area contributed by atoms with Crippen molar-refractivity contribution in [1.29, 1.82) is 0 Å². The van der Waals surface area contributed by atoms with Crippen LogP contribution in [0.2, 0.25) is 0 Å². The zero-order valence-corrected chi connectivity index (χ0v) is 17.0. The van der Waals surface area contributed by atoms with Crippen LogP contribution >= 0.6 is 7.82 Å². The van der Waals surface area contributed by atoms with Crippen LogP contribution in [0.25, 0.3) is 0 Å². The largest absolute Gasteiger partial charge is 0.756 e. The predicted molar refractivity (Wildman–Crippen MR) is 98.2 cm³/mol. The van der Waals surface area contributed by atoms with Crippen molar-refractivity contribution >= 4 is 19.8 Å². The summed E-state index contributed by atoms with van der Waals surface area (Å²) in [7, 11) is -4.91. The van der Waals surface area contributed by atoms with E-state index >= 15 is 0 Å². The van der Waals surface area contributed by atoms with Gasteiger partial charge in [-0.3, -0.25) is 13.6 Å². The second-order valence-corrected chi connectivity index (χ2v) is 7.11. The van der Waals surface area contributed by atoms with Gasteiger partial charge in [0.1, 0.15) is 0 Å². The number of carbonyl (C=O) groups excluding carboxylic acids is 2. The van der Waals surface area contributed by atoms with Crippen LogP contribution in [0.5, 0.6) is 0 Å². The average molecular weight is 405 g/mol. The molecule has 2 atom stereocenters. The maximum atomic E-state index is 12.2. The molecule has 0 amide bonds. The van der Waals surface area contributed by atoms with Crippen molar-refractivity contribution in [2.45, 2.75) is 77.8 Å². The summed E-state index contributed by atoms with van der Waals surface area (Å²) >= 11 is 0. The van der Waals surface area contributed by atoms with Crippen LogP contribution < -0.4 is 4.89 Å². The van der Waals surface area contributed by atoms with Gasteiger partial charge in [-0.1, -0.05) is 52.7 Å². The molecule has 2 unspecified atom stereocenters. The Bertz CT molecular complexity index is 477. The molecule has 0 saturated heterocycles. The van der Waals surface area contributed by atoms with E-state index in [1.807, 2.05) is 13.8 Å². The summed E-state index contributed by atoms with van der Waals surface area (Å²) < 4.78 is 31.8. The lowest BCUT2D eigenvalue weighted by Gasteiger charge is -2.30. The molecular weight excluding hydrogens is 375 g/mol. The van der Waals surface area contributed by atoms with E-state index in [1.165, 1.54) is 0 Å². The monoisotopic (exact) mass is 405 g/mol. The van der Waals surface area contributed by atoms with Crippen molar-refractivity contribution in [3.05, 3.63) is 25.3 Å². The Morgan fingerprint density at radius 2 is 1.26 bits per heavy atom. The molecule has 8 nitrogen and oxygen atoms in total. The molecule has 0 aliphatic carbocycles. The number of rotatable bonds is 16. The van der Waals surface area contributed by atoms with Gasteiger partial charge in [-0.05, 0) is 12.8 Å². The van der Waals surface area contributed by atoms with Crippen molar-refractivity contribution in [3.63, 3.8) is 0 Å². The first kappa shape index (κ1) is 25.5. The van der Waals surface area contributed by atoms with Gasteiger partial charge in [-0.25, -0.2) is 9.59 Å². The minimum Gasteiger partial charge on any atom is -0.756 e. The fraction of sp³-hybridized carbons (Fsp3) is 0.667. The number of phosphoric ester groups is 1. The third kappa shape index (κ3) is 13.4. The third-order valence-electron chi connectivity index (χ3n) is 3.41. The van der Waals surface area contributed by atoms with Gasteiger partial charge < -0.3 is 14.4 Å². The average Bonchev–Trinajstić information content (AvgIpc) is 2.60. The van der Waals surface area contributed by atoms with Gasteiger partial charge in [0.05, 0.1) is 0 Å². The van der Waals surface area contributed by atoms with E-state index < -0.39 is 32.3 Å². The molecule has 27 heavy (non-hydrogen) atoms. The highest BCUT2D eigenvalue weighted by atomic mass is 31.2. The van der Waals surface area contributed by atoms with Gasteiger partial charge in [0, 0.05) is 25.0 Å². The lowest BCUT2D eigenvalue weighted by atomic mass is 10.2. The summed E-state index contributed by atoms with van der Waals surface area (Å²) in [5, 5.41) is 0. The maximum Gasteiger partial charge on any atom is 0.332 e. The quantitative estimate of drug-likeness (QED) is 0.125. The van der Waals surface area contributed by atoms with Gasteiger partial charge >= 0.3 is 11.9 Å². The first-order valence-electron chi connectivity index (χ1n) is 9.11. The van der Waals surface area contributed by atoms with E-state index in [0.29, 0.717) is 12.8 Å². The first-order valence-corrected chi connectivity index (χ1v) is 10.6. The maximum absolute atomic E-state index is 12.2. The molecule has 0 aliphatic rings. The van der Waals surface area contributed by atoms with Crippen molar-refractivity contribution in [3.8, 4) is 0 Å². The fourth-order valence-corrected chi connectivity index (χ4v) is 2.98. The van der Waals surface area contributed by atoms with Gasteiger partial charge in [-0.15, -0.1) is 0 Å². The highest BCUT2D eigenvalue weighted by Crippen LogP contribution is 2.43. The number of hydrogen-bond donors (Lipinski definition) is 0. The molecule has 0 aromatic heterocycles. The Balaban J connectivity index is 4.97. The van der Waals surface area contributed by atoms with Crippen molar-refractivity contribution in [2.75, 3.05) is 0 Å². The molecule has 0 fully saturated rings. The first-order chi connectivity index (χ1) is 12.8. The molecule has 0 spiro atoms. The number of hydrogen-bond acceptors (Lipinski definition) is 8. The van der Waals surface area contributed by atoms with Crippen LogP contribution in [0.1, 0.15) is 65.2 Å². The summed E-state index contributed by atoms with van der Waals surface area (Å²) in [4.78, 5) is 35.0. The number of carbonyl (C=O) groups is 2. The highest BCUT2D eigenvalue weighted by Gasteiger charge is 2.26. The Labute approximate surface area is 161 Å². The molecule has 0 N–H and O–H groups in total. The summed E-state index contributed by atoms with van der Waals surface area (Å²) in [6.45, 7) is 10.5. The van der Waals surface area contributed by atoms with E-state index in [1.54, 1.807) is 0 Å². The van der Waals surface area contributed by atoms with E-state index in [2.05, 4.69) is 13.2 Å². The summed E-state index contributed by atoms with van der Waals surface area (Å²) in [6, 6.07) is 0. The molecular formula is C18H30O8P-. The summed E-state index contributed by atoms with van der Waals surface area (Å²) in [6.07, 6.45) is 4.10. The van der Waals surface area contributed by atoms with Crippen LogP contribution in [0.15, 0.2) is 25.3 Å². The topological polar surface area (TPSA) is 111 Å². The second kappa shape index (κ2) is 14.6. The van der Waals surface area contributed by atoms with Gasteiger partial charge in [0.2, 0.25) is 12.6 Å². The Morgan fingerprint density at radius 1 is 0.889 bits per heavy atom. The van der Waals surface area contributed by atoms with Crippen LogP contribution in [0.3, 0.4) is 0 Å². The molecule has 0 bridgehead atoms. The van der Waals surface area contributed by atoms with Crippen LogP contribution in [0.4, 0.5) is 0 Å². The van der Waals surface area contributed by atoms with E-state index in [-0.39, 0.29) is 12.8 Å². The molecule has 9 heteroatoms. The minimum atomic E-state index is -4.91. The van der Waals surface area contributed by atoms with Crippen LogP contribution in [-0.2, 0) is 32.7 Å². The SMILES string of the molecule is C=CC(=O)OC(CCCCC)OP(=O)([O-])OC(CCCCC)OC(=O)C=C. The molecule has 0 saturated carbocycles. The number of ether oxygens (including phenoxy) is 2. The van der Waals surface area contributed by atoms with Gasteiger partial charge in [0.25, 0.3) is 7.82 Å². The number of esters is 2. The standard InChI is InChI=1S/C18H31O8P/c1-5-9-11-13-17(23-15(19)7-3)25-27(21,22)26-18(14-12-10-6-2)24-16(20)8-4/h7-8,17-18H,3-6,9-14H2,1-2H3,(H,21,22)/p-1. The normalized spacial score (nSPS) is 15.2. The zero-order chi connectivity index (χ0) is 20.7. The van der Waals surface area contributed by atoms with E-state index in [4.69, 9.17) is 18.5 Å². The van der Waals surface area contributed by atoms with Crippen LogP contribution in [-0.4, -0.2) is 24.5 Å². The third-order valence-corrected chi connectivity index (χ3v) is 4.40. The minimum absolute atomic E-state index is 0.177. The van der Waals surface area contributed by atoms with E-state index in [9.17, 15) is 19.0 Å². The number of phosphoric acid groups is 1. The lowest BCUT2D eigenvalue weighted by Crippen LogP contribution is -2.27. The second-order valence-electron chi connectivity index (χ2n) is 5.79. The highest BCUT2D eigenvalue weighted by molar-refractivity contribution is 7.45. The summed E-state index contributed by atoms with van der Waals surface area (Å²) in [5.41, 5.74) is 0. The Kier molecular flexibility index (Phi) is 13.8. The molecule has 156 valence electrons. The zero-order valence-electron chi connectivity index (χ0n) is 16.1. The molecule has 0 radical (unpaired) electrons. The van der Waals surface area contributed by atoms with Crippen molar-refractivity contribution in [2.24, 2.45) is 0 Å². The Morgan fingerprint density at radius 3 is 1.56 bits per heavy atom. The van der Waals surface area contributed by atoms with Gasteiger partial charge in [0.15, 0.2) is 0 Å². The molecule has 0 aromatic carbocycles. The van der Waals surface area contributed by atoms with Crippen molar-refractivity contribution < 1.29 is 37.6 Å². The fourth-order valence-electron chi connectivity index (χ4n) is 2.06. The number of unbranched alkanes of at least 4 members (excludes halogenated alkanes) is 4. The van der Waals surface area contributed by atoms with Crippen molar-refractivity contribution in [1.82, 2.24) is 0 Å².